The Bertz CT molecular complexity index is 1140. The van der Waals surface area contributed by atoms with E-state index in [0.29, 0.717) is 27.2 Å². The van der Waals surface area contributed by atoms with Gasteiger partial charge in [-0.1, -0.05) is 6.07 Å². The summed E-state index contributed by atoms with van der Waals surface area (Å²) in [5.74, 6) is 0.281. The van der Waals surface area contributed by atoms with E-state index < -0.39 is 11.9 Å². The summed E-state index contributed by atoms with van der Waals surface area (Å²) in [6.45, 7) is 0. The van der Waals surface area contributed by atoms with E-state index >= 15 is 0 Å². The fourth-order valence-electron chi connectivity index (χ4n) is 3.52. The number of carbonyl (C=O) groups excluding carboxylic acids is 2. The molecule has 7 nitrogen and oxygen atoms in total. The molecule has 1 aromatic heterocycles. The lowest BCUT2D eigenvalue weighted by atomic mass is 9.87. The second kappa shape index (κ2) is 9.78. The Hall–Kier alpha value is -3.13. The maximum atomic E-state index is 12.3. The fraction of sp³-hybridized carbons (Fsp3) is 0.261. The number of carbonyl (C=O) groups is 2. The van der Waals surface area contributed by atoms with Crippen molar-refractivity contribution >= 4 is 38.6 Å². The number of halogens is 1. The smallest absolute Gasteiger partial charge is 0.310 e. The summed E-state index contributed by atoms with van der Waals surface area (Å²) in [5, 5.41) is 1.66. The van der Waals surface area contributed by atoms with Gasteiger partial charge in [-0.25, -0.2) is 4.98 Å². The predicted molar refractivity (Wildman–Crippen MR) is 119 cm³/mol. The van der Waals surface area contributed by atoms with Gasteiger partial charge in [-0.05, 0) is 73.2 Å². The van der Waals surface area contributed by atoms with E-state index in [9.17, 15) is 9.59 Å². The van der Waals surface area contributed by atoms with E-state index in [4.69, 9.17) is 18.9 Å². The van der Waals surface area contributed by atoms with Crippen LogP contribution in [0.4, 0.5) is 0 Å². The molecule has 0 bridgehead atoms. The average Bonchev–Trinajstić information content (AvgIpc) is 2.78. The zero-order valence-corrected chi connectivity index (χ0v) is 19.2. The van der Waals surface area contributed by atoms with Crippen LogP contribution in [-0.2, 0) is 31.9 Å². The lowest BCUT2D eigenvalue weighted by Crippen LogP contribution is -2.13. The van der Waals surface area contributed by atoms with Crippen LogP contribution in [-0.4, -0.2) is 45.4 Å². The van der Waals surface area contributed by atoms with Crippen molar-refractivity contribution in [3.05, 3.63) is 52.3 Å². The van der Waals surface area contributed by atoms with E-state index in [1.54, 1.807) is 20.4 Å². The van der Waals surface area contributed by atoms with Gasteiger partial charge < -0.3 is 18.9 Å². The van der Waals surface area contributed by atoms with Crippen LogP contribution in [0.15, 0.2) is 41.1 Å². The maximum absolute atomic E-state index is 12.3. The molecule has 0 saturated carbocycles. The molecule has 162 valence electrons. The molecule has 0 aliphatic rings. The van der Waals surface area contributed by atoms with Crippen molar-refractivity contribution in [3.8, 4) is 22.6 Å². The van der Waals surface area contributed by atoms with Gasteiger partial charge in [0, 0.05) is 6.20 Å². The molecule has 0 atom stereocenters. The molecular formula is C23H22BrNO6. The van der Waals surface area contributed by atoms with Gasteiger partial charge in [0.05, 0.1) is 41.3 Å². The Morgan fingerprint density at radius 2 is 1.55 bits per heavy atom. The molecule has 0 amide bonds. The summed E-state index contributed by atoms with van der Waals surface area (Å²) in [4.78, 5) is 28.6. The van der Waals surface area contributed by atoms with Crippen molar-refractivity contribution in [3.63, 3.8) is 0 Å². The number of ether oxygens (including phenoxy) is 4. The summed E-state index contributed by atoms with van der Waals surface area (Å²) >= 11 is 3.41. The SMILES string of the molecule is COC(=O)Cc1cc2cc(OC)c(OC)cc2c(-c2ccnc(Br)c2)c1CC(=O)OC. The standard InChI is InChI=1S/C23H22BrNO6/c1-28-18-8-14-7-15(10-21(26)30-3)17(12-22(27)31-4)23(16(14)11-19(18)29-2)13-5-6-25-20(24)9-13/h5-9,11H,10,12H2,1-4H3. The first-order valence-electron chi connectivity index (χ1n) is 9.37. The molecule has 0 fully saturated rings. The number of pyridine rings is 1. The normalized spacial score (nSPS) is 10.6. The molecule has 3 rings (SSSR count). The van der Waals surface area contributed by atoms with Crippen molar-refractivity contribution in [2.45, 2.75) is 12.8 Å². The van der Waals surface area contributed by atoms with Crippen molar-refractivity contribution in [1.29, 1.82) is 0 Å². The number of methoxy groups -OCH3 is 4. The quantitative estimate of drug-likeness (QED) is 0.366. The van der Waals surface area contributed by atoms with Gasteiger partial charge in [-0.2, -0.15) is 0 Å². The zero-order valence-electron chi connectivity index (χ0n) is 17.7. The van der Waals surface area contributed by atoms with E-state index in [1.165, 1.54) is 14.2 Å². The minimum absolute atomic E-state index is 0.00631. The van der Waals surface area contributed by atoms with Crippen LogP contribution in [0, 0.1) is 0 Å². The molecule has 0 spiro atoms. The van der Waals surface area contributed by atoms with Gasteiger partial charge in [-0.3, -0.25) is 9.59 Å². The molecule has 0 radical (unpaired) electrons. The average molecular weight is 488 g/mol. The third kappa shape index (κ3) is 4.80. The Balaban J connectivity index is 2.44. The summed E-state index contributed by atoms with van der Waals surface area (Å²) in [6, 6.07) is 9.27. The highest BCUT2D eigenvalue weighted by Gasteiger charge is 2.22. The van der Waals surface area contributed by atoms with Crippen molar-refractivity contribution in [1.82, 2.24) is 4.98 Å². The molecule has 3 aromatic rings. The van der Waals surface area contributed by atoms with E-state index in [-0.39, 0.29) is 12.8 Å². The van der Waals surface area contributed by atoms with E-state index in [2.05, 4.69) is 20.9 Å². The number of hydrogen-bond acceptors (Lipinski definition) is 7. The number of hydrogen-bond donors (Lipinski definition) is 0. The van der Waals surface area contributed by atoms with Crippen LogP contribution in [0.25, 0.3) is 21.9 Å². The number of esters is 2. The van der Waals surface area contributed by atoms with Crippen molar-refractivity contribution in [2.24, 2.45) is 0 Å². The minimum atomic E-state index is -0.416. The van der Waals surface area contributed by atoms with Gasteiger partial charge in [0.25, 0.3) is 0 Å². The van der Waals surface area contributed by atoms with Crippen LogP contribution in [0.2, 0.25) is 0 Å². The summed E-state index contributed by atoms with van der Waals surface area (Å²) in [7, 11) is 5.79. The number of rotatable bonds is 7. The summed E-state index contributed by atoms with van der Waals surface area (Å²) < 4.78 is 21.4. The highest BCUT2D eigenvalue weighted by molar-refractivity contribution is 9.10. The Morgan fingerprint density at radius 3 is 2.16 bits per heavy atom. The number of benzene rings is 2. The minimum Gasteiger partial charge on any atom is -0.493 e. The molecule has 31 heavy (non-hydrogen) atoms. The molecule has 0 N–H and O–H groups in total. The van der Waals surface area contributed by atoms with E-state index in [1.807, 2.05) is 30.3 Å². The molecule has 0 saturated heterocycles. The molecule has 0 aliphatic heterocycles. The third-order valence-electron chi connectivity index (χ3n) is 4.97. The molecule has 8 heteroatoms. The zero-order chi connectivity index (χ0) is 22.5. The number of nitrogens with zero attached hydrogens (tertiary/aromatic N) is 1. The van der Waals surface area contributed by atoms with E-state index in [0.717, 1.165) is 21.9 Å². The molecule has 0 unspecified atom stereocenters. The Labute approximate surface area is 188 Å². The first kappa shape index (κ1) is 22.6. The van der Waals surface area contributed by atoms with Gasteiger partial charge in [0.1, 0.15) is 4.60 Å². The van der Waals surface area contributed by atoms with Crippen LogP contribution >= 0.6 is 15.9 Å². The maximum Gasteiger partial charge on any atom is 0.310 e. The van der Waals surface area contributed by atoms with Crippen molar-refractivity contribution < 1.29 is 28.5 Å². The van der Waals surface area contributed by atoms with Crippen LogP contribution in [0.1, 0.15) is 11.1 Å². The number of fused-ring (bicyclic) bond motifs is 1. The van der Waals surface area contributed by atoms with Crippen LogP contribution < -0.4 is 9.47 Å². The van der Waals surface area contributed by atoms with Gasteiger partial charge in [-0.15, -0.1) is 0 Å². The van der Waals surface area contributed by atoms with Gasteiger partial charge >= 0.3 is 11.9 Å². The van der Waals surface area contributed by atoms with Gasteiger partial charge in [0.2, 0.25) is 0 Å². The fourth-order valence-corrected chi connectivity index (χ4v) is 3.88. The monoisotopic (exact) mass is 487 g/mol. The Kier molecular flexibility index (Phi) is 7.12. The predicted octanol–water partition coefficient (Wildman–Crippen LogP) is 4.11. The largest absolute Gasteiger partial charge is 0.493 e. The molecule has 0 aliphatic carbocycles. The molecule has 1 heterocycles. The lowest BCUT2D eigenvalue weighted by Gasteiger charge is -2.19. The number of aromatic nitrogens is 1. The lowest BCUT2D eigenvalue weighted by molar-refractivity contribution is -0.141. The summed E-state index contributed by atoms with van der Waals surface area (Å²) in [6.07, 6.45) is 1.66. The van der Waals surface area contributed by atoms with Gasteiger partial charge in [0.15, 0.2) is 11.5 Å². The molecular weight excluding hydrogens is 466 g/mol. The second-order valence-electron chi connectivity index (χ2n) is 6.69. The highest BCUT2D eigenvalue weighted by Crippen LogP contribution is 2.41. The highest BCUT2D eigenvalue weighted by atomic mass is 79.9. The second-order valence-corrected chi connectivity index (χ2v) is 7.50. The summed E-state index contributed by atoms with van der Waals surface area (Å²) in [5.41, 5.74) is 2.95. The van der Waals surface area contributed by atoms with Crippen LogP contribution in [0.3, 0.4) is 0 Å². The molecule has 2 aromatic carbocycles. The Morgan fingerprint density at radius 1 is 0.903 bits per heavy atom. The van der Waals surface area contributed by atoms with Crippen LogP contribution in [0.5, 0.6) is 11.5 Å². The third-order valence-corrected chi connectivity index (χ3v) is 5.40. The first-order valence-corrected chi connectivity index (χ1v) is 10.2. The topological polar surface area (TPSA) is 84.0 Å². The van der Waals surface area contributed by atoms with Crippen molar-refractivity contribution in [2.75, 3.05) is 28.4 Å². The first-order chi connectivity index (χ1) is 14.9.